The average molecular weight is 831 g/mol. The van der Waals surface area contributed by atoms with Gasteiger partial charge in [-0.25, -0.2) is 19.6 Å². The number of carbonyl (C=O) groups is 4. The molecular formula is C42H54N8O8S. The summed E-state index contributed by atoms with van der Waals surface area (Å²) in [6, 6.07) is 18.8. The van der Waals surface area contributed by atoms with Crippen LogP contribution < -0.4 is 16.1 Å². The fraction of sp³-hybridized carbons (Fsp3) is 0.429. The van der Waals surface area contributed by atoms with Crippen LogP contribution in [0, 0.1) is 5.92 Å². The minimum atomic E-state index is -1.52. The van der Waals surface area contributed by atoms with E-state index in [4.69, 9.17) is 4.74 Å². The van der Waals surface area contributed by atoms with E-state index in [-0.39, 0.29) is 31.5 Å². The van der Waals surface area contributed by atoms with Gasteiger partial charge in [0.05, 0.1) is 42.8 Å². The summed E-state index contributed by atoms with van der Waals surface area (Å²) >= 11 is 1.46. The monoisotopic (exact) mass is 830 g/mol. The van der Waals surface area contributed by atoms with Gasteiger partial charge in [0.1, 0.15) is 17.1 Å². The Morgan fingerprint density at radius 2 is 1.68 bits per heavy atom. The topological polar surface area (TPSA) is 210 Å². The molecule has 3 heterocycles. The number of benzene rings is 2. The van der Waals surface area contributed by atoms with E-state index in [0.717, 1.165) is 33.1 Å². The van der Waals surface area contributed by atoms with Crippen LogP contribution >= 0.6 is 11.3 Å². The van der Waals surface area contributed by atoms with Crippen LogP contribution in [0.4, 0.5) is 9.59 Å². The van der Waals surface area contributed by atoms with Gasteiger partial charge in [-0.05, 0) is 42.5 Å². The van der Waals surface area contributed by atoms with E-state index >= 15 is 0 Å². The highest BCUT2D eigenvalue weighted by molar-refractivity contribution is 7.09. The minimum absolute atomic E-state index is 0.0659. The lowest BCUT2D eigenvalue weighted by molar-refractivity contribution is -0.132. The van der Waals surface area contributed by atoms with Gasteiger partial charge in [0.15, 0.2) is 0 Å². The molecule has 0 unspecified atom stereocenters. The summed E-state index contributed by atoms with van der Waals surface area (Å²) in [5, 5.41) is 41.0. The van der Waals surface area contributed by atoms with Crippen molar-refractivity contribution < 1.29 is 39.2 Å². The zero-order valence-corrected chi connectivity index (χ0v) is 34.5. The van der Waals surface area contributed by atoms with E-state index in [1.807, 2.05) is 97.3 Å². The van der Waals surface area contributed by atoms with Crippen LogP contribution in [0.3, 0.4) is 0 Å². The lowest BCUT2D eigenvalue weighted by Crippen LogP contribution is -2.60. The van der Waals surface area contributed by atoms with Crippen LogP contribution in [-0.4, -0.2) is 121 Å². The van der Waals surface area contributed by atoms with Crippen molar-refractivity contribution in [2.75, 3.05) is 26.7 Å². The number of amides is 5. The Bertz CT molecular complexity index is 1970. The number of hydrazine groups is 1. The molecule has 6 N–H and O–H groups in total. The predicted octanol–water partition coefficient (Wildman–Crippen LogP) is 3.64. The summed E-state index contributed by atoms with van der Waals surface area (Å²) in [5.74, 6) is -1.50. The number of nitrogens with zero attached hydrogens (tertiary/aromatic N) is 5. The number of pyridine rings is 1. The maximum absolute atomic E-state index is 14.5. The number of aliphatic hydroxyl groups excluding tert-OH is 2. The fourth-order valence-electron chi connectivity index (χ4n) is 6.96. The molecule has 0 aliphatic carbocycles. The molecule has 5 rings (SSSR count). The number of aliphatic hydroxyl groups is 2. The van der Waals surface area contributed by atoms with Gasteiger partial charge in [0, 0.05) is 50.4 Å². The zero-order chi connectivity index (χ0) is 42.5. The second-order valence-electron chi connectivity index (χ2n) is 14.7. The number of urea groups is 1. The van der Waals surface area contributed by atoms with E-state index in [1.165, 1.54) is 23.3 Å². The molecule has 1 aliphatic rings. The van der Waals surface area contributed by atoms with E-state index in [1.54, 1.807) is 23.1 Å². The zero-order valence-electron chi connectivity index (χ0n) is 33.7. The molecule has 2 aromatic carbocycles. The highest BCUT2D eigenvalue weighted by Gasteiger charge is 2.41. The van der Waals surface area contributed by atoms with Crippen LogP contribution in [0.25, 0.3) is 11.3 Å². The maximum Gasteiger partial charge on any atom is 0.405 e. The number of thiazole rings is 1. The van der Waals surface area contributed by atoms with Crippen molar-refractivity contribution in [1.82, 2.24) is 40.8 Å². The standard InChI is InChI=1S/C42H54N8O8S/c1-5-27(2)38(50-20-19-48(42(50)57)23-32-26-59-36(44-32)25-58-4)40(54)45-34(21-29-11-7-6-8-12-29)35(52)24-49(47-39(53)37(28(3)51)46-41(55)56)22-30-14-16-31(17-15-30)33-13-9-10-18-43-33/h6-18,26-28,34-35,37-38,46,51-52H,5,19-25H2,1-4H3,(H,45,54)(H,47,53)(H,55,56)/t27-,28+,34-,35-,37-,38-/m0/s1. The molecule has 6 atom stereocenters. The predicted molar refractivity (Wildman–Crippen MR) is 222 cm³/mol. The third-order valence-electron chi connectivity index (χ3n) is 10.2. The van der Waals surface area contributed by atoms with Gasteiger partial charge in [-0.1, -0.05) is 80.9 Å². The van der Waals surface area contributed by atoms with Gasteiger partial charge < -0.3 is 40.5 Å². The number of hydrogen-bond acceptors (Lipinski definition) is 11. The van der Waals surface area contributed by atoms with Crippen LogP contribution in [-0.2, 0) is 40.4 Å². The van der Waals surface area contributed by atoms with Crippen LogP contribution in [0.15, 0.2) is 84.4 Å². The van der Waals surface area contributed by atoms with Gasteiger partial charge >= 0.3 is 12.1 Å². The van der Waals surface area contributed by atoms with Crippen LogP contribution in [0.1, 0.15) is 49.0 Å². The number of aromatic nitrogens is 2. The molecule has 0 radical (unpaired) electrons. The summed E-state index contributed by atoms with van der Waals surface area (Å²) in [6.07, 6.45) is -1.65. The van der Waals surface area contributed by atoms with Crippen molar-refractivity contribution in [3.8, 4) is 11.3 Å². The second kappa shape index (κ2) is 21.5. The molecule has 16 nitrogen and oxygen atoms in total. The summed E-state index contributed by atoms with van der Waals surface area (Å²) < 4.78 is 5.19. The van der Waals surface area contributed by atoms with Gasteiger partial charge in [0.2, 0.25) is 5.91 Å². The summed E-state index contributed by atoms with van der Waals surface area (Å²) in [5.41, 5.74) is 6.64. The summed E-state index contributed by atoms with van der Waals surface area (Å²) in [7, 11) is 1.60. The van der Waals surface area contributed by atoms with E-state index in [2.05, 4.69) is 20.7 Å². The Balaban J connectivity index is 1.38. The molecule has 17 heteroatoms. The number of methoxy groups -OCH3 is 1. The van der Waals surface area contributed by atoms with Crippen molar-refractivity contribution in [3.05, 3.63) is 106 Å². The highest BCUT2D eigenvalue weighted by Crippen LogP contribution is 2.24. The number of rotatable bonds is 21. The Morgan fingerprint density at radius 1 is 0.949 bits per heavy atom. The Labute approximate surface area is 348 Å². The molecule has 0 bridgehead atoms. The molecule has 59 heavy (non-hydrogen) atoms. The smallest absolute Gasteiger partial charge is 0.405 e. The van der Waals surface area contributed by atoms with Crippen LogP contribution in [0.2, 0.25) is 0 Å². The third-order valence-corrected chi connectivity index (χ3v) is 11.1. The first-order valence-electron chi connectivity index (χ1n) is 19.6. The molecule has 1 fully saturated rings. The number of hydrogen-bond donors (Lipinski definition) is 6. The first-order chi connectivity index (χ1) is 28.4. The molecular weight excluding hydrogens is 777 g/mol. The summed E-state index contributed by atoms with van der Waals surface area (Å²) in [4.78, 5) is 65.5. The molecule has 4 aromatic rings. The highest BCUT2D eigenvalue weighted by atomic mass is 32.1. The first kappa shape index (κ1) is 44.6. The van der Waals surface area contributed by atoms with Gasteiger partial charge in [-0.3, -0.25) is 20.0 Å². The van der Waals surface area contributed by atoms with Gasteiger partial charge in [-0.15, -0.1) is 11.3 Å². The van der Waals surface area contributed by atoms with Gasteiger partial charge in [-0.2, -0.15) is 0 Å². The minimum Gasteiger partial charge on any atom is -0.465 e. The van der Waals surface area contributed by atoms with E-state index in [0.29, 0.717) is 32.7 Å². The Kier molecular flexibility index (Phi) is 16.3. The number of nitrogens with one attached hydrogen (secondary N) is 3. The number of ether oxygens (including phenoxy) is 1. The second-order valence-corrected chi connectivity index (χ2v) is 15.6. The van der Waals surface area contributed by atoms with Crippen molar-refractivity contribution in [2.24, 2.45) is 5.92 Å². The number of carboxylic acid groups (broad SMARTS) is 1. The van der Waals surface area contributed by atoms with Crippen molar-refractivity contribution >= 4 is 35.3 Å². The summed E-state index contributed by atoms with van der Waals surface area (Å²) in [6.45, 7) is 6.43. The van der Waals surface area contributed by atoms with Crippen molar-refractivity contribution in [3.63, 3.8) is 0 Å². The lowest BCUT2D eigenvalue weighted by atomic mass is 9.95. The Hall–Kier alpha value is -5.46. The molecule has 5 amide bonds. The number of carbonyl (C=O) groups excluding carboxylic acids is 3. The van der Waals surface area contributed by atoms with E-state index < -0.39 is 48.2 Å². The van der Waals surface area contributed by atoms with Crippen molar-refractivity contribution in [2.45, 2.75) is 83.6 Å². The lowest BCUT2D eigenvalue weighted by Gasteiger charge is -2.35. The molecule has 1 saturated heterocycles. The Morgan fingerprint density at radius 3 is 2.32 bits per heavy atom. The molecule has 0 spiro atoms. The SMILES string of the molecule is CC[C@H](C)[C@@H](C(=O)N[C@@H](Cc1ccccc1)[C@@H](O)CN(Cc1ccc(-c2ccccn2)cc1)NC(=O)[C@@H](NC(=O)O)[C@@H](C)O)N1CCN(Cc2csc(COC)n2)C1=O. The van der Waals surface area contributed by atoms with E-state index in [9.17, 15) is 34.5 Å². The normalized spacial score (nSPS) is 15.9. The third kappa shape index (κ3) is 12.5. The largest absolute Gasteiger partial charge is 0.465 e. The van der Waals surface area contributed by atoms with Crippen molar-refractivity contribution in [1.29, 1.82) is 0 Å². The molecule has 2 aromatic heterocycles. The molecule has 0 saturated carbocycles. The maximum atomic E-state index is 14.5. The first-order valence-corrected chi connectivity index (χ1v) is 20.5. The quantitative estimate of drug-likeness (QED) is 0.0668. The average Bonchev–Trinajstić information content (AvgIpc) is 3.82. The fourth-order valence-corrected chi connectivity index (χ4v) is 7.72. The molecule has 316 valence electrons. The van der Waals surface area contributed by atoms with Gasteiger partial charge in [0.25, 0.3) is 5.91 Å². The van der Waals surface area contributed by atoms with Crippen LogP contribution in [0.5, 0.6) is 0 Å². The molecule has 1 aliphatic heterocycles.